The van der Waals surface area contributed by atoms with Crippen LogP contribution in [0.25, 0.3) is 0 Å². The Morgan fingerprint density at radius 2 is 1.73 bits per heavy atom. The van der Waals surface area contributed by atoms with Crippen LogP contribution in [0.4, 0.5) is 0 Å². The van der Waals surface area contributed by atoms with E-state index in [2.05, 4.69) is 0 Å². The highest BCUT2D eigenvalue weighted by Crippen LogP contribution is 2.05. The van der Waals surface area contributed by atoms with Gasteiger partial charge in [0.1, 0.15) is 12.1 Å². The molecule has 0 saturated heterocycles. The third kappa shape index (κ3) is 3.98. The second-order valence-corrected chi connectivity index (χ2v) is 3.17. The summed E-state index contributed by atoms with van der Waals surface area (Å²) in [6.07, 6.45) is -0.0477. The van der Waals surface area contributed by atoms with E-state index < -0.39 is 6.04 Å². The van der Waals surface area contributed by atoms with E-state index >= 15 is 0 Å². The first kappa shape index (κ1) is 10.4. The van der Waals surface area contributed by atoms with Crippen molar-refractivity contribution in [3.63, 3.8) is 0 Å². The van der Waals surface area contributed by atoms with E-state index in [1.165, 1.54) is 0 Å². The Morgan fingerprint density at radius 3 is 2.00 bits per heavy atom. The molecule has 0 aliphatic heterocycles. The molecular weight excluding hydrogens is 142 g/mol. The van der Waals surface area contributed by atoms with Gasteiger partial charge in [-0.1, -0.05) is 13.8 Å². The molecule has 0 fully saturated rings. The fourth-order valence-corrected chi connectivity index (χ4v) is 0.427. The summed E-state index contributed by atoms with van der Waals surface area (Å²) in [5.41, 5.74) is 5.31. The number of nitrogens with two attached hydrogens (primary N) is 1. The van der Waals surface area contributed by atoms with Crippen molar-refractivity contribution in [3.8, 4) is 0 Å². The zero-order valence-corrected chi connectivity index (χ0v) is 7.63. The Balaban J connectivity index is 3.76. The van der Waals surface area contributed by atoms with Gasteiger partial charge in [0.25, 0.3) is 0 Å². The molecule has 0 aromatic rings. The number of carbonyl (C=O) groups is 1. The second-order valence-electron chi connectivity index (χ2n) is 3.17. The summed E-state index contributed by atoms with van der Waals surface area (Å²) in [7, 11) is 0. The summed E-state index contributed by atoms with van der Waals surface area (Å²) in [6, 6.07) is -0.517. The Labute approximate surface area is 67.9 Å². The smallest absolute Gasteiger partial charge is 0.322 e. The quantitative estimate of drug-likeness (QED) is 0.623. The minimum Gasteiger partial charge on any atom is -0.461 e. The molecule has 0 aliphatic carbocycles. The molecule has 2 N–H and O–H groups in total. The van der Waals surface area contributed by atoms with Gasteiger partial charge in [-0.3, -0.25) is 4.79 Å². The van der Waals surface area contributed by atoms with Gasteiger partial charge in [-0.25, -0.2) is 0 Å². The minimum atomic E-state index is -0.517. The summed E-state index contributed by atoms with van der Waals surface area (Å²) >= 11 is 0. The Morgan fingerprint density at radius 1 is 1.27 bits per heavy atom. The topological polar surface area (TPSA) is 52.3 Å². The van der Waals surface area contributed by atoms with Crippen LogP contribution in [0.1, 0.15) is 27.7 Å². The maximum absolute atomic E-state index is 10.9. The maximum Gasteiger partial charge on any atom is 0.322 e. The van der Waals surface area contributed by atoms with Gasteiger partial charge in [-0.2, -0.15) is 0 Å². The number of carbonyl (C=O) groups excluding carboxylic acids is 1. The number of rotatable bonds is 3. The lowest BCUT2D eigenvalue weighted by atomic mass is 10.1. The minimum absolute atomic E-state index is 0.0477. The lowest BCUT2D eigenvalue weighted by molar-refractivity contribution is -0.151. The second kappa shape index (κ2) is 4.34. The third-order valence-corrected chi connectivity index (χ3v) is 1.61. The van der Waals surface area contributed by atoms with E-state index in [-0.39, 0.29) is 12.1 Å². The van der Waals surface area contributed by atoms with Gasteiger partial charge in [0.15, 0.2) is 0 Å². The van der Waals surface area contributed by atoms with Crippen molar-refractivity contribution in [2.24, 2.45) is 11.7 Å². The van der Waals surface area contributed by atoms with E-state index in [0.717, 1.165) is 0 Å². The van der Waals surface area contributed by atoms with Crippen molar-refractivity contribution in [3.05, 3.63) is 0 Å². The molecule has 2 atom stereocenters. The first-order valence-electron chi connectivity index (χ1n) is 3.91. The van der Waals surface area contributed by atoms with Crippen molar-refractivity contribution >= 4 is 5.97 Å². The summed E-state index contributed by atoms with van der Waals surface area (Å²) in [4.78, 5) is 10.9. The summed E-state index contributed by atoms with van der Waals surface area (Å²) < 4.78 is 5.01. The normalized spacial score (nSPS) is 16.2. The molecule has 0 radical (unpaired) electrons. The van der Waals surface area contributed by atoms with Crippen LogP contribution < -0.4 is 5.73 Å². The zero-order chi connectivity index (χ0) is 9.02. The lowest BCUT2D eigenvalue weighted by Gasteiger charge is -2.17. The van der Waals surface area contributed by atoms with Crippen LogP contribution in [0.3, 0.4) is 0 Å². The highest BCUT2D eigenvalue weighted by atomic mass is 16.5. The highest BCUT2D eigenvalue weighted by Gasteiger charge is 2.15. The molecule has 0 aromatic heterocycles. The van der Waals surface area contributed by atoms with Gasteiger partial charge in [-0.05, 0) is 19.8 Å². The Hall–Kier alpha value is -0.570. The number of ether oxygens (including phenoxy) is 1. The molecule has 1 unspecified atom stereocenters. The molecule has 0 amide bonds. The van der Waals surface area contributed by atoms with Crippen molar-refractivity contribution < 1.29 is 9.53 Å². The Kier molecular flexibility index (Phi) is 4.11. The van der Waals surface area contributed by atoms with Crippen molar-refractivity contribution in [2.75, 3.05) is 0 Å². The number of hydrogen-bond donors (Lipinski definition) is 1. The van der Waals surface area contributed by atoms with Gasteiger partial charge < -0.3 is 10.5 Å². The van der Waals surface area contributed by atoms with Crippen molar-refractivity contribution in [2.45, 2.75) is 39.8 Å². The fraction of sp³-hybridized carbons (Fsp3) is 0.875. The summed E-state index contributed by atoms with van der Waals surface area (Å²) in [6.45, 7) is 7.48. The van der Waals surface area contributed by atoms with Crippen LogP contribution in [0, 0.1) is 5.92 Å². The predicted molar refractivity (Wildman–Crippen MR) is 44.0 cm³/mol. The van der Waals surface area contributed by atoms with E-state index in [1.54, 1.807) is 6.92 Å². The van der Waals surface area contributed by atoms with E-state index in [4.69, 9.17) is 10.5 Å². The van der Waals surface area contributed by atoms with Crippen LogP contribution in [-0.4, -0.2) is 18.1 Å². The Bertz CT molecular complexity index is 132. The molecule has 11 heavy (non-hydrogen) atoms. The van der Waals surface area contributed by atoms with Crippen LogP contribution in [0.2, 0.25) is 0 Å². The third-order valence-electron chi connectivity index (χ3n) is 1.61. The first-order chi connectivity index (χ1) is 4.95. The first-order valence-corrected chi connectivity index (χ1v) is 3.91. The van der Waals surface area contributed by atoms with Gasteiger partial charge in [0.2, 0.25) is 0 Å². The molecule has 0 saturated carbocycles. The molecule has 3 nitrogen and oxygen atoms in total. The predicted octanol–water partition coefficient (Wildman–Crippen LogP) is 0.921. The lowest BCUT2D eigenvalue weighted by Crippen LogP contribution is -2.32. The molecule has 0 bridgehead atoms. The molecule has 3 heteroatoms. The molecule has 0 aromatic carbocycles. The fourth-order valence-electron chi connectivity index (χ4n) is 0.427. The largest absolute Gasteiger partial charge is 0.461 e. The van der Waals surface area contributed by atoms with Gasteiger partial charge in [0.05, 0.1) is 0 Å². The van der Waals surface area contributed by atoms with Crippen molar-refractivity contribution in [1.29, 1.82) is 0 Å². The molecule has 0 spiro atoms. The summed E-state index contributed by atoms with van der Waals surface area (Å²) in [5.74, 6) is 0.0175. The molecule has 0 rings (SSSR count). The summed E-state index contributed by atoms with van der Waals surface area (Å²) in [5, 5.41) is 0. The molecule has 0 aliphatic rings. The van der Waals surface area contributed by atoms with Crippen LogP contribution >= 0.6 is 0 Å². The van der Waals surface area contributed by atoms with E-state index in [9.17, 15) is 4.79 Å². The van der Waals surface area contributed by atoms with Gasteiger partial charge >= 0.3 is 5.97 Å². The van der Waals surface area contributed by atoms with Gasteiger partial charge in [0, 0.05) is 0 Å². The van der Waals surface area contributed by atoms with Crippen molar-refractivity contribution in [1.82, 2.24) is 0 Å². The molecule has 0 heterocycles. The average Bonchev–Trinajstić information content (AvgIpc) is 1.87. The van der Waals surface area contributed by atoms with Crippen LogP contribution in [0.15, 0.2) is 0 Å². The van der Waals surface area contributed by atoms with Crippen LogP contribution in [-0.2, 0) is 9.53 Å². The zero-order valence-electron chi connectivity index (χ0n) is 7.63. The average molecular weight is 159 g/mol. The molecule has 66 valence electrons. The molecular formula is C8H17NO2. The number of esters is 1. The monoisotopic (exact) mass is 159 g/mol. The van der Waals surface area contributed by atoms with E-state index in [1.807, 2.05) is 20.8 Å². The SMILES string of the molecule is CC(C)C(C)OC(=O)[C@H](C)N. The van der Waals surface area contributed by atoms with Crippen LogP contribution in [0.5, 0.6) is 0 Å². The van der Waals surface area contributed by atoms with Gasteiger partial charge in [-0.15, -0.1) is 0 Å². The van der Waals surface area contributed by atoms with E-state index in [0.29, 0.717) is 5.92 Å². The standard InChI is InChI=1S/C8H17NO2/c1-5(2)7(4)11-8(10)6(3)9/h5-7H,9H2,1-4H3/t6-,7?/m0/s1. The highest BCUT2D eigenvalue weighted by molar-refractivity contribution is 5.75. The maximum atomic E-state index is 10.9. The number of hydrogen-bond acceptors (Lipinski definition) is 3.